The van der Waals surface area contributed by atoms with Gasteiger partial charge in [-0.3, -0.25) is 0 Å². The number of alkyl halides is 2. The molecule has 0 saturated carbocycles. The van der Waals surface area contributed by atoms with Gasteiger partial charge in [-0.1, -0.05) is 28.1 Å². The lowest BCUT2D eigenvalue weighted by atomic mass is 10.2. The van der Waals surface area contributed by atoms with Crippen LogP contribution < -0.4 is 4.74 Å². The maximum absolute atomic E-state index is 5.49. The number of rotatable bonds is 4. The van der Waals surface area contributed by atoms with E-state index < -0.39 is 0 Å². The predicted molar refractivity (Wildman–Crippen MR) is 55.3 cm³/mol. The fourth-order valence-electron chi connectivity index (χ4n) is 0.875. The molecule has 12 heavy (non-hydrogen) atoms. The molecule has 3 heteroatoms. The lowest BCUT2D eigenvalue weighted by Crippen LogP contribution is -1.97. The highest BCUT2D eigenvalue weighted by molar-refractivity contribution is 9.08. The average Bonchev–Trinajstić information content (AvgIpc) is 2.15. The van der Waals surface area contributed by atoms with E-state index in [2.05, 4.69) is 15.9 Å². The minimum atomic E-state index is 0.526. The van der Waals surface area contributed by atoms with Crippen LogP contribution in [0, 0.1) is 0 Å². The van der Waals surface area contributed by atoms with Crippen LogP contribution in [0.2, 0.25) is 0 Å². The third kappa shape index (κ3) is 3.03. The predicted octanol–water partition coefficient (Wildman–Crippen LogP) is 3.20. The quantitative estimate of drug-likeness (QED) is 0.745. The van der Waals surface area contributed by atoms with Gasteiger partial charge in [-0.2, -0.15) is 0 Å². The summed E-state index contributed by atoms with van der Waals surface area (Å²) in [5.74, 6) is 1.41. The Morgan fingerprint density at radius 1 is 1.42 bits per heavy atom. The topological polar surface area (TPSA) is 9.23 Å². The largest absolute Gasteiger partial charge is 0.492 e. The van der Waals surface area contributed by atoms with Crippen molar-refractivity contribution in [2.24, 2.45) is 0 Å². The van der Waals surface area contributed by atoms with Gasteiger partial charge in [0.25, 0.3) is 0 Å². The summed E-state index contributed by atoms with van der Waals surface area (Å²) >= 11 is 8.87. The van der Waals surface area contributed by atoms with Crippen LogP contribution in [0.1, 0.15) is 5.56 Å². The molecular weight excluding hydrogens is 239 g/mol. The molecule has 0 fully saturated rings. The lowest BCUT2D eigenvalue weighted by molar-refractivity contribution is 0.342. The molecule has 0 aromatic heterocycles. The molecule has 0 atom stereocenters. The second-order valence-electron chi connectivity index (χ2n) is 2.32. The van der Waals surface area contributed by atoms with Crippen LogP contribution in [-0.2, 0) is 5.33 Å². The van der Waals surface area contributed by atoms with Gasteiger partial charge in [-0.15, -0.1) is 11.6 Å². The van der Waals surface area contributed by atoms with Crippen molar-refractivity contribution in [3.63, 3.8) is 0 Å². The van der Waals surface area contributed by atoms with Gasteiger partial charge in [0.2, 0.25) is 0 Å². The Hall–Kier alpha value is -0.210. The van der Waals surface area contributed by atoms with E-state index in [1.807, 2.05) is 24.3 Å². The smallest absolute Gasteiger partial charge is 0.119 e. The van der Waals surface area contributed by atoms with Crippen molar-refractivity contribution in [3.8, 4) is 5.75 Å². The molecule has 1 aromatic carbocycles. The standard InChI is InChI=1S/C9H10BrClO/c10-7-8-2-1-3-9(6-8)12-5-4-11/h1-3,6H,4-5,7H2. The molecule has 0 saturated heterocycles. The van der Waals surface area contributed by atoms with Gasteiger partial charge in [0, 0.05) is 5.33 Å². The molecule has 0 aliphatic carbocycles. The Morgan fingerprint density at radius 3 is 2.92 bits per heavy atom. The summed E-state index contributed by atoms with van der Waals surface area (Å²) in [6.45, 7) is 0.563. The molecule has 0 aliphatic heterocycles. The molecule has 1 rings (SSSR count). The van der Waals surface area contributed by atoms with Crippen LogP contribution in [0.15, 0.2) is 24.3 Å². The normalized spacial score (nSPS) is 9.83. The van der Waals surface area contributed by atoms with Crippen molar-refractivity contribution in [2.75, 3.05) is 12.5 Å². The van der Waals surface area contributed by atoms with E-state index in [1.165, 1.54) is 5.56 Å². The first kappa shape index (κ1) is 9.87. The Bertz CT molecular complexity index is 240. The second-order valence-corrected chi connectivity index (χ2v) is 3.26. The fourth-order valence-corrected chi connectivity index (χ4v) is 1.30. The van der Waals surface area contributed by atoms with E-state index in [-0.39, 0.29) is 0 Å². The average molecular weight is 250 g/mol. The molecule has 0 spiro atoms. The minimum Gasteiger partial charge on any atom is -0.492 e. The van der Waals surface area contributed by atoms with Gasteiger partial charge >= 0.3 is 0 Å². The molecule has 0 heterocycles. The van der Waals surface area contributed by atoms with Crippen LogP contribution in [0.3, 0.4) is 0 Å². The summed E-state index contributed by atoms with van der Waals surface area (Å²) in [6.07, 6.45) is 0. The van der Waals surface area contributed by atoms with Gasteiger partial charge < -0.3 is 4.74 Å². The summed E-state index contributed by atoms with van der Waals surface area (Å²) in [5.41, 5.74) is 1.21. The Labute approximate surface area is 85.8 Å². The van der Waals surface area contributed by atoms with E-state index in [4.69, 9.17) is 16.3 Å². The van der Waals surface area contributed by atoms with Crippen molar-refractivity contribution < 1.29 is 4.74 Å². The highest BCUT2D eigenvalue weighted by Crippen LogP contribution is 2.15. The molecule has 1 nitrogen and oxygen atoms in total. The molecule has 1 aromatic rings. The summed E-state index contributed by atoms with van der Waals surface area (Å²) in [6, 6.07) is 7.95. The van der Waals surface area contributed by atoms with Crippen LogP contribution in [0.5, 0.6) is 5.75 Å². The molecule has 66 valence electrons. The van der Waals surface area contributed by atoms with Crippen LogP contribution in [0.4, 0.5) is 0 Å². The number of benzene rings is 1. The number of ether oxygens (including phenoxy) is 1. The molecular formula is C9H10BrClO. The lowest BCUT2D eigenvalue weighted by Gasteiger charge is -2.04. The zero-order valence-corrected chi connectivity index (χ0v) is 8.94. The van der Waals surface area contributed by atoms with Gasteiger partial charge in [-0.05, 0) is 17.7 Å². The fraction of sp³-hybridized carbons (Fsp3) is 0.333. The van der Waals surface area contributed by atoms with Crippen molar-refractivity contribution in [3.05, 3.63) is 29.8 Å². The van der Waals surface area contributed by atoms with Crippen LogP contribution in [0.25, 0.3) is 0 Å². The second kappa shape index (κ2) is 5.44. The molecule has 0 amide bonds. The van der Waals surface area contributed by atoms with E-state index in [9.17, 15) is 0 Å². The Balaban J connectivity index is 2.60. The Kier molecular flexibility index (Phi) is 4.48. The molecule has 0 radical (unpaired) electrons. The maximum atomic E-state index is 5.49. The third-order valence-electron chi connectivity index (χ3n) is 1.40. The highest BCUT2D eigenvalue weighted by atomic mass is 79.9. The first-order valence-corrected chi connectivity index (χ1v) is 5.36. The molecule has 0 N–H and O–H groups in total. The van der Waals surface area contributed by atoms with Crippen molar-refractivity contribution in [2.45, 2.75) is 5.33 Å². The SMILES string of the molecule is ClCCOc1cccc(CBr)c1. The minimum absolute atomic E-state index is 0.526. The summed E-state index contributed by atoms with van der Waals surface area (Å²) < 4.78 is 5.34. The first-order valence-electron chi connectivity index (χ1n) is 3.70. The molecule has 0 bridgehead atoms. The summed E-state index contributed by atoms with van der Waals surface area (Å²) in [4.78, 5) is 0. The summed E-state index contributed by atoms with van der Waals surface area (Å²) in [5, 5.41) is 0.852. The van der Waals surface area contributed by atoms with Gasteiger partial charge in [0.15, 0.2) is 0 Å². The Morgan fingerprint density at radius 2 is 2.25 bits per heavy atom. The van der Waals surface area contributed by atoms with E-state index >= 15 is 0 Å². The van der Waals surface area contributed by atoms with Gasteiger partial charge in [0.1, 0.15) is 12.4 Å². The van der Waals surface area contributed by atoms with E-state index in [0.29, 0.717) is 12.5 Å². The van der Waals surface area contributed by atoms with Crippen LogP contribution in [-0.4, -0.2) is 12.5 Å². The summed E-state index contributed by atoms with van der Waals surface area (Å²) in [7, 11) is 0. The number of hydrogen-bond acceptors (Lipinski definition) is 1. The molecule has 0 unspecified atom stereocenters. The van der Waals surface area contributed by atoms with E-state index in [1.54, 1.807) is 0 Å². The molecule has 0 aliphatic rings. The van der Waals surface area contributed by atoms with Crippen molar-refractivity contribution >= 4 is 27.5 Å². The monoisotopic (exact) mass is 248 g/mol. The van der Waals surface area contributed by atoms with Gasteiger partial charge in [0.05, 0.1) is 5.88 Å². The van der Waals surface area contributed by atoms with Crippen molar-refractivity contribution in [1.29, 1.82) is 0 Å². The zero-order valence-electron chi connectivity index (χ0n) is 6.59. The van der Waals surface area contributed by atoms with E-state index in [0.717, 1.165) is 11.1 Å². The van der Waals surface area contributed by atoms with Crippen LogP contribution >= 0.6 is 27.5 Å². The highest BCUT2D eigenvalue weighted by Gasteiger charge is 1.94. The zero-order chi connectivity index (χ0) is 8.81. The van der Waals surface area contributed by atoms with Gasteiger partial charge in [-0.25, -0.2) is 0 Å². The number of halogens is 2. The number of hydrogen-bond donors (Lipinski definition) is 0. The third-order valence-corrected chi connectivity index (χ3v) is 2.20. The first-order chi connectivity index (χ1) is 5.86. The maximum Gasteiger partial charge on any atom is 0.119 e. The van der Waals surface area contributed by atoms with Crippen molar-refractivity contribution in [1.82, 2.24) is 0 Å².